The number of hydrogen-bond acceptors (Lipinski definition) is 1. The summed E-state index contributed by atoms with van der Waals surface area (Å²) in [6.45, 7) is 8.59. The highest BCUT2D eigenvalue weighted by Crippen LogP contribution is 2.16. The Morgan fingerprint density at radius 1 is 1.08 bits per heavy atom. The summed E-state index contributed by atoms with van der Waals surface area (Å²) in [5.74, 6) is 1.04. The van der Waals surface area contributed by atoms with E-state index in [4.69, 9.17) is 4.74 Å². The molecule has 0 heterocycles. The minimum Gasteiger partial charge on any atom is -0.381 e. The van der Waals surface area contributed by atoms with Crippen LogP contribution in [0.5, 0.6) is 0 Å². The predicted molar refractivity (Wildman–Crippen MR) is 58.8 cm³/mol. The lowest BCUT2D eigenvalue weighted by Gasteiger charge is -2.23. The predicted octanol–water partition coefficient (Wildman–Crippen LogP) is 3.43. The summed E-state index contributed by atoms with van der Waals surface area (Å²) in [4.78, 5) is 0. The van der Waals surface area contributed by atoms with Gasteiger partial charge in [-0.15, -0.1) is 0 Å². The van der Waals surface area contributed by atoms with E-state index in [9.17, 15) is 0 Å². The molecule has 1 heteroatoms. The van der Waals surface area contributed by atoms with Gasteiger partial charge >= 0.3 is 0 Å². The maximum absolute atomic E-state index is 5.43. The lowest BCUT2D eigenvalue weighted by atomic mass is 9.94. The van der Waals surface area contributed by atoms with E-state index in [1.807, 2.05) is 19.1 Å². The monoisotopic (exact) mass is 182 g/mol. The van der Waals surface area contributed by atoms with Crippen LogP contribution in [0.1, 0.15) is 27.7 Å². The van der Waals surface area contributed by atoms with E-state index < -0.39 is 0 Å². The van der Waals surface area contributed by atoms with Crippen molar-refractivity contribution in [2.75, 3.05) is 7.11 Å². The average Bonchev–Trinajstić information content (AvgIpc) is 2.05. The molecule has 1 nitrogen and oxygen atoms in total. The Kier molecular flexibility index (Phi) is 6.61. The van der Waals surface area contributed by atoms with Gasteiger partial charge < -0.3 is 4.74 Å². The van der Waals surface area contributed by atoms with E-state index in [0.29, 0.717) is 17.9 Å². The smallest absolute Gasteiger partial charge is 0.0654 e. The Bertz CT molecular complexity index is 168. The molecule has 0 bridgehead atoms. The molecule has 0 unspecified atom stereocenters. The fourth-order valence-corrected chi connectivity index (χ4v) is 1.55. The van der Waals surface area contributed by atoms with E-state index in [-0.39, 0.29) is 0 Å². The van der Waals surface area contributed by atoms with Crippen LogP contribution in [0, 0.1) is 11.8 Å². The molecule has 0 spiro atoms. The van der Waals surface area contributed by atoms with Crippen molar-refractivity contribution in [1.82, 2.24) is 0 Å². The molecule has 0 aliphatic carbocycles. The summed E-state index contributed by atoms with van der Waals surface area (Å²) < 4.78 is 5.43. The third-order valence-corrected chi connectivity index (χ3v) is 2.17. The average molecular weight is 182 g/mol. The van der Waals surface area contributed by atoms with Gasteiger partial charge in [0.1, 0.15) is 0 Å². The van der Waals surface area contributed by atoms with Gasteiger partial charge in [0.15, 0.2) is 0 Å². The number of ether oxygens (including phenoxy) is 1. The van der Waals surface area contributed by atoms with Gasteiger partial charge in [0.2, 0.25) is 0 Å². The zero-order valence-corrected chi connectivity index (χ0v) is 9.45. The Morgan fingerprint density at radius 3 is 2.08 bits per heavy atom. The summed E-state index contributed by atoms with van der Waals surface area (Å²) in [7, 11) is 1.78. The van der Waals surface area contributed by atoms with E-state index in [0.717, 1.165) is 0 Å². The van der Waals surface area contributed by atoms with Gasteiger partial charge in [0, 0.05) is 13.0 Å². The molecular weight excluding hydrogens is 160 g/mol. The van der Waals surface area contributed by atoms with Crippen molar-refractivity contribution in [2.24, 2.45) is 11.8 Å². The van der Waals surface area contributed by atoms with Gasteiger partial charge in [-0.1, -0.05) is 45.1 Å². The lowest BCUT2D eigenvalue weighted by molar-refractivity contribution is 0.0379. The van der Waals surface area contributed by atoms with Crippen LogP contribution in [-0.4, -0.2) is 13.2 Å². The number of hydrogen-bond donors (Lipinski definition) is 0. The summed E-state index contributed by atoms with van der Waals surface area (Å²) in [6, 6.07) is 0. The van der Waals surface area contributed by atoms with E-state index in [1.54, 1.807) is 7.11 Å². The third-order valence-electron chi connectivity index (χ3n) is 2.17. The van der Waals surface area contributed by atoms with Crippen LogP contribution in [0.4, 0.5) is 0 Å². The van der Waals surface area contributed by atoms with Crippen molar-refractivity contribution >= 4 is 0 Å². The Balaban J connectivity index is 4.12. The first-order valence-corrected chi connectivity index (χ1v) is 4.95. The molecule has 0 fully saturated rings. The lowest BCUT2D eigenvalue weighted by Crippen LogP contribution is -2.24. The molecule has 0 aromatic carbocycles. The van der Waals surface area contributed by atoms with Gasteiger partial charge in [0.25, 0.3) is 0 Å². The van der Waals surface area contributed by atoms with Gasteiger partial charge in [-0.05, 0) is 12.8 Å². The minimum atomic E-state index is 0.321. The molecule has 0 radical (unpaired) electrons. The molecule has 13 heavy (non-hydrogen) atoms. The molecule has 0 saturated carbocycles. The summed E-state index contributed by atoms with van der Waals surface area (Å²) in [6.07, 6.45) is 8.67. The van der Waals surface area contributed by atoms with Crippen molar-refractivity contribution in [3.63, 3.8) is 0 Å². The van der Waals surface area contributed by atoms with E-state index in [2.05, 4.69) is 32.9 Å². The normalized spacial score (nSPS) is 17.4. The number of methoxy groups -OCH3 is 1. The van der Waals surface area contributed by atoms with Crippen LogP contribution in [0.2, 0.25) is 0 Å². The van der Waals surface area contributed by atoms with Crippen LogP contribution in [0.3, 0.4) is 0 Å². The van der Waals surface area contributed by atoms with Crippen molar-refractivity contribution in [1.29, 1.82) is 0 Å². The Hall–Kier alpha value is -0.560. The Labute approximate surface area is 82.5 Å². The second-order valence-electron chi connectivity index (χ2n) is 3.71. The molecule has 0 saturated heterocycles. The van der Waals surface area contributed by atoms with Crippen LogP contribution in [0.25, 0.3) is 0 Å². The zero-order valence-electron chi connectivity index (χ0n) is 9.45. The Morgan fingerprint density at radius 2 is 1.69 bits per heavy atom. The standard InChI is InChI=1S/C12H22O/c1-6-7-8-9-11(4)12(13-5)10(2)3/h6-12H,1-5H3/b7-6+,9-8+/t11-,12+/m0/s1. The van der Waals surface area contributed by atoms with Crippen molar-refractivity contribution < 1.29 is 4.74 Å². The molecule has 2 atom stereocenters. The fraction of sp³-hybridized carbons (Fsp3) is 0.667. The molecule has 0 N–H and O–H groups in total. The highest BCUT2D eigenvalue weighted by atomic mass is 16.5. The van der Waals surface area contributed by atoms with Gasteiger partial charge in [-0.25, -0.2) is 0 Å². The van der Waals surface area contributed by atoms with Gasteiger partial charge in [-0.3, -0.25) is 0 Å². The van der Waals surface area contributed by atoms with Crippen molar-refractivity contribution in [3.8, 4) is 0 Å². The first-order valence-electron chi connectivity index (χ1n) is 4.95. The maximum atomic E-state index is 5.43. The van der Waals surface area contributed by atoms with Gasteiger partial charge in [0.05, 0.1) is 6.10 Å². The SMILES string of the molecule is C/C=C/C=C/[C@H](C)[C@H](OC)C(C)C. The second kappa shape index (κ2) is 6.90. The highest BCUT2D eigenvalue weighted by Gasteiger charge is 2.17. The minimum absolute atomic E-state index is 0.321. The summed E-state index contributed by atoms with van der Waals surface area (Å²) in [5, 5.41) is 0. The van der Waals surface area contributed by atoms with Crippen LogP contribution in [0.15, 0.2) is 24.3 Å². The fourth-order valence-electron chi connectivity index (χ4n) is 1.55. The molecule has 0 aliphatic heterocycles. The molecule has 0 aromatic rings. The van der Waals surface area contributed by atoms with E-state index >= 15 is 0 Å². The highest BCUT2D eigenvalue weighted by molar-refractivity contribution is 5.03. The molecule has 0 aliphatic rings. The van der Waals surface area contributed by atoms with Crippen molar-refractivity contribution in [3.05, 3.63) is 24.3 Å². The van der Waals surface area contributed by atoms with Crippen molar-refractivity contribution in [2.45, 2.75) is 33.8 Å². The first kappa shape index (κ1) is 12.4. The molecule has 76 valence electrons. The summed E-state index contributed by atoms with van der Waals surface area (Å²) in [5.41, 5.74) is 0. The van der Waals surface area contributed by atoms with Crippen LogP contribution in [-0.2, 0) is 4.74 Å². The number of rotatable bonds is 5. The van der Waals surface area contributed by atoms with Crippen LogP contribution < -0.4 is 0 Å². The molecule has 0 aromatic heterocycles. The first-order chi connectivity index (χ1) is 6.13. The van der Waals surface area contributed by atoms with Gasteiger partial charge in [-0.2, -0.15) is 0 Å². The van der Waals surface area contributed by atoms with E-state index in [1.165, 1.54) is 0 Å². The molecule has 0 amide bonds. The second-order valence-corrected chi connectivity index (χ2v) is 3.71. The largest absolute Gasteiger partial charge is 0.381 e. The zero-order chi connectivity index (χ0) is 10.3. The summed E-state index contributed by atoms with van der Waals surface area (Å²) >= 11 is 0. The topological polar surface area (TPSA) is 9.23 Å². The van der Waals surface area contributed by atoms with Crippen LogP contribution >= 0.6 is 0 Å². The molecule has 0 rings (SSSR count). The molecular formula is C12H22O. The maximum Gasteiger partial charge on any atom is 0.0654 e. The number of allylic oxidation sites excluding steroid dienone is 3. The third kappa shape index (κ3) is 4.89. The quantitative estimate of drug-likeness (QED) is 0.592.